The second-order valence-corrected chi connectivity index (χ2v) is 8.34. The Kier molecular flexibility index (Phi) is 3.68. The quantitative estimate of drug-likeness (QED) is 0.667. The summed E-state index contributed by atoms with van der Waals surface area (Å²) in [6, 6.07) is 14.7. The van der Waals surface area contributed by atoms with Gasteiger partial charge in [0.15, 0.2) is 0 Å². The first-order valence-electron chi connectivity index (χ1n) is 10.0. The van der Waals surface area contributed by atoms with Gasteiger partial charge in [0.1, 0.15) is 5.75 Å². The number of fused-ring (bicyclic) bond motifs is 3. The molecule has 0 amide bonds. The molecule has 1 aliphatic carbocycles. The van der Waals surface area contributed by atoms with Crippen LogP contribution in [0.15, 0.2) is 42.5 Å². The third-order valence-corrected chi connectivity index (χ3v) is 6.91. The number of hydrogen-bond donors (Lipinski definition) is 1. The van der Waals surface area contributed by atoms with Crippen molar-refractivity contribution in [2.45, 2.75) is 51.5 Å². The van der Waals surface area contributed by atoms with E-state index in [1.165, 1.54) is 47.9 Å². The average Bonchev–Trinajstić information content (AvgIpc) is 2.65. The molecule has 0 unspecified atom stereocenters. The maximum Gasteiger partial charge on any atom is 0.119 e. The van der Waals surface area contributed by atoms with Crippen LogP contribution in [0.25, 0.3) is 10.9 Å². The first kappa shape index (κ1) is 16.6. The van der Waals surface area contributed by atoms with Crippen LogP contribution in [0, 0.1) is 13.8 Å². The molecule has 2 aliphatic rings. The van der Waals surface area contributed by atoms with Crippen molar-refractivity contribution in [3.8, 4) is 5.75 Å². The van der Waals surface area contributed by atoms with Gasteiger partial charge in [-0.2, -0.15) is 0 Å². The fourth-order valence-electron chi connectivity index (χ4n) is 4.97. The van der Waals surface area contributed by atoms with E-state index in [1.807, 2.05) is 13.0 Å². The van der Waals surface area contributed by atoms with Crippen LogP contribution in [0.4, 0.5) is 5.69 Å². The van der Waals surface area contributed by atoms with Gasteiger partial charge in [-0.1, -0.05) is 30.7 Å². The molecule has 0 atom stereocenters. The largest absolute Gasteiger partial charge is 0.508 e. The van der Waals surface area contributed by atoms with E-state index in [4.69, 9.17) is 4.98 Å². The molecular weight excluding hydrogens is 332 g/mol. The molecule has 1 fully saturated rings. The summed E-state index contributed by atoms with van der Waals surface area (Å²) >= 11 is 0. The Morgan fingerprint density at radius 2 is 1.85 bits per heavy atom. The van der Waals surface area contributed by atoms with Crippen molar-refractivity contribution in [3.05, 3.63) is 64.8 Å². The third-order valence-electron chi connectivity index (χ3n) is 6.91. The molecule has 1 spiro atoms. The SMILES string of the molecule is Cc1c(O)cc2c(c1C)N(Cc1ccc3ccccc3n1)CCC21CCC1. The van der Waals surface area contributed by atoms with E-state index < -0.39 is 0 Å². The van der Waals surface area contributed by atoms with Gasteiger partial charge < -0.3 is 10.0 Å². The van der Waals surface area contributed by atoms with Crippen LogP contribution >= 0.6 is 0 Å². The molecule has 3 heteroatoms. The highest BCUT2D eigenvalue weighted by molar-refractivity contribution is 5.78. The number of hydrogen-bond acceptors (Lipinski definition) is 3. The van der Waals surface area contributed by atoms with Gasteiger partial charge in [-0.05, 0) is 73.4 Å². The highest BCUT2D eigenvalue weighted by Gasteiger charge is 2.44. The van der Waals surface area contributed by atoms with Gasteiger partial charge in [-0.3, -0.25) is 4.98 Å². The highest BCUT2D eigenvalue weighted by atomic mass is 16.3. The van der Waals surface area contributed by atoms with Crippen molar-refractivity contribution < 1.29 is 5.11 Å². The lowest BCUT2D eigenvalue weighted by atomic mass is 9.60. The Morgan fingerprint density at radius 3 is 2.63 bits per heavy atom. The predicted molar refractivity (Wildman–Crippen MR) is 111 cm³/mol. The zero-order chi connectivity index (χ0) is 18.6. The summed E-state index contributed by atoms with van der Waals surface area (Å²) in [4.78, 5) is 7.38. The number of phenolic OH excluding ortho intramolecular Hbond substituents is 1. The van der Waals surface area contributed by atoms with E-state index in [0.717, 1.165) is 29.9 Å². The van der Waals surface area contributed by atoms with Crippen molar-refractivity contribution in [1.29, 1.82) is 0 Å². The summed E-state index contributed by atoms with van der Waals surface area (Å²) in [5.74, 6) is 0.447. The van der Waals surface area contributed by atoms with E-state index in [-0.39, 0.29) is 0 Å². The predicted octanol–water partition coefficient (Wildman–Crippen LogP) is 5.39. The number of aromatic nitrogens is 1. The minimum absolute atomic E-state index is 0.290. The maximum absolute atomic E-state index is 10.5. The van der Waals surface area contributed by atoms with Gasteiger partial charge in [0.05, 0.1) is 17.8 Å². The molecule has 1 N–H and O–H groups in total. The number of phenols is 1. The molecule has 3 aromatic rings. The monoisotopic (exact) mass is 358 g/mol. The summed E-state index contributed by atoms with van der Waals surface area (Å²) in [6.45, 7) is 6.07. The van der Waals surface area contributed by atoms with Gasteiger partial charge >= 0.3 is 0 Å². The molecule has 0 bridgehead atoms. The summed E-state index contributed by atoms with van der Waals surface area (Å²) in [7, 11) is 0. The molecular formula is C24H26N2O. The standard InChI is InChI=1S/C24H26N2O/c1-16-17(2)23-20(14-22(16)27)24(10-5-11-24)12-13-26(23)15-19-9-8-18-6-3-4-7-21(18)25-19/h3-4,6-9,14,27H,5,10-13,15H2,1-2H3. The minimum Gasteiger partial charge on any atom is -0.508 e. The van der Waals surface area contributed by atoms with Crippen LogP contribution in [-0.2, 0) is 12.0 Å². The fraction of sp³-hybridized carbons (Fsp3) is 0.375. The molecule has 1 aliphatic heterocycles. The van der Waals surface area contributed by atoms with Crippen molar-refractivity contribution in [1.82, 2.24) is 4.98 Å². The number of anilines is 1. The molecule has 1 aromatic heterocycles. The second kappa shape index (κ2) is 5.98. The first-order valence-corrected chi connectivity index (χ1v) is 10.0. The van der Waals surface area contributed by atoms with Gasteiger partial charge in [-0.15, -0.1) is 0 Å². The normalized spacial score (nSPS) is 17.8. The molecule has 5 rings (SSSR count). The highest BCUT2D eigenvalue weighted by Crippen LogP contribution is 2.54. The lowest BCUT2D eigenvalue weighted by Crippen LogP contribution is -2.44. The molecule has 138 valence electrons. The lowest BCUT2D eigenvalue weighted by molar-refractivity contribution is 0.218. The van der Waals surface area contributed by atoms with E-state index in [2.05, 4.69) is 48.2 Å². The number of benzene rings is 2. The fourth-order valence-corrected chi connectivity index (χ4v) is 4.97. The summed E-state index contributed by atoms with van der Waals surface area (Å²) in [5.41, 5.74) is 7.38. The van der Waals surface area contributed by atoms with E-state index in [0.29, 0.717) is 11.2 Å². The van der Waals surface area contributed by atoms with Gasteiger partial charge in [-0.25, -0.2) is 0 Å². The van der Waals surface area contributed by atoms with Crippen molar-refractivity contribution in [2.75, 3.05) is 11.4 Å². The molecule has 3 nitrogen and oxygen atoms in total. The Morgan fingerprint density at radius 1 is 1.04 bits per heavy atom. The van der Waals surface area contributed by atoms with Crippen LogP contribution in [0.1, 0.15) is 48.1 Å². The zero-order valence-corrected chi connectivity index (χ0v) is 16.1. The molecule has 2 heterocycles. The van der Waals surface area contributed by atoms with E-state index >= 15 is 0 Å². The van der Waals surface area contributed by atoms with Crippen molar-refractivity contribution >= 4 is 16.6 Å². The molecule has 0 saturated heterocycles. The van der Waals surface area contributed by atoms with Crippen molar-refractivity contribution in [3.63, 3.8) is 0 Å². The third kappa shape index (κ3) is 2.52. The van der Waals surface area contributed by atoms with E-state index in [1.54, 1.807) is 0 Å². The van der Waals surface area contributed by atoms with Crippen LogP contribution in [0.2, 0.25) is 0 Å². The number of aromatic hydroxyl groups is 1. The average molecular weight is 358 g/mol. The lowest BCUT2D eigenvalue weighted by Gasteiger charge is -2.50. The van der Waals surface area contributed by atoms with Crippen LogP contribution in [0.5, 0.6) is 5.75 Å². The van der Waals surface area contributed by atoms with Crippen LogP contribution in [0.3, 0.4) is 0 Å². The first-order chi connectivity index (χ1) is 13.1. The number of para-hydroxylation sites is 1. The molecule has 27 heavy (non-hydrogen) atoms. The van der Waals surface area contributed by atoms with E-state index in [9.17, 15) is 5.11 Å². The summed E-state index contributed by atoms with van der Waals surface area (Å²) < 4.78 is 0. The van der Waals surface area contributed by atoms with Crippen LogP contribution < -0.4 is 4.90 Å². The van der Waals surface area contributed by atoms with Gasteiger partial charge in [0.2, 0.25) is 0 Å². The van der Waals surface area contributed by atoms with Gasteiger partial charge in [0, 0.05) is 17.6 Å². The number of rotatable bonds is 2. The summed E-state index contributed by atoms with van der Waals surface area (Å²) in [5, 5.41) is 11.7. The number of pyridine rings is 1. The molecule has 0 radical (unpaired) electrons. The minimum atomic E-state index is 0.290. The maximum atomic E-state index is 10.5. The Labute approximate surface area is 160 Å². The second-order valence-electron chi connectivity index (χ2n) is 8.34. The topological polar surface area (TPSA) is 36.4 Å². The Bertz CT molecular complexity index is 1040. The van der Waals surface area contributed by atoms with Gasteiger partial charge in [0.25, 0.3) is 0 Å². The Hall–Kier alpha value is -2.55. The smallest absolute Gasteiger partial charge is 0.119 e. The van der Waals surface area contributed by atoms with Crippen molar-refractivity contribution in [2.24, 2.45) is 0 Å². The molecule has 1 saturated carbocycles. The summed E-state index contributed by atoms with van der Waals surface area (Å²) in [6.07, 6.45) is 4.99. The Balaban J connectivity index is 1.57. The molecule has 2 aromatic carbocycles. The zero-order valence-electron chi connectivity index (χ0n) is 16.1. The number of nitrogens with zero attached hydrogens (tertiary/aromatic N) is 2. The van der Waals surface area contributed by atoms with Crippen LogP contribution in [-0.4, -0.2) is 16.6 Å².